The Bertz CT molecular complexity index is 466. The van der Waals surface area contributed by atoms with Gasteiger partial charge < -0.3 is 15.0 Å². The van der Waals surface area contributed by atoms with Gasteiger partial charge in [-0.25, -0.2) is 0 Å². The summed E-state index contributed by atoms with van der Waals surface area (Å²) in [5, 5.41) is 3.28. The zero-order chi connectivity index (χ0) is 12.5. The third-order valence-electron chi connectivity index (χ3n) is 3.56. The number of nitrogens with zero attached hydrogens (tertiary/aromatic N) is 1. The lowest BCUT2D eigenvalue weighted by atomic mass is 10.1. The van der Waals surface area contributed by atoms with Crippen LogP contribution in [0, 0.1) is 0 Å². The number of carbonyl (C=O) groups excluding carboxylic acids is 1. The molecule has 1 aromatic carbocycles. The fraction of sp³-hybridized carbons (Fsp3) is 0.462. The van der Waals surface area contributed by atoms with Crippen molar-refractivity contribution in [2.24, 2.45) is 0 Å². The van der Waals surface area contributed by atoms with E-state index in [1.165, 1.54) is 0 Å². The Balaban J connectivity index is 1.86. The average Bonchev–Trinajstić information content (AvgIpc) is 2.86. The second kappa shape index (κ2) is 4.99. The smallest absolute Gasteiger partial charge is 0.255 e. The van der Waals surface area contributed by atoms with E-state index in [1.807, 2.05) is 29.2 Å². The highest BCUT2D eigenvalue weighted by Crippen LogP contribution is 2.23. The van der Waals surface area contributed by atoms with Crippen molar-refractivity contribution in [3.05, 3.63) is 34.3 Å². The molecule has 0 aromatic heterocycles. The van der Waals surface area contributed by atoms with Crippen LogP contribution in [0.3, 0.4) is 0 Å². The first-order chi connectivity index (χ1) is 8.77. The minimum atomic E-state index is 0.0875. The molecule has 4 nitrogen and oxygen atoms in total. The van der Waals surface area contributed by atoms with E-state index in [-0.39, 0.29) is 18.1 Å². The number of amides is 1. The molecule has 1 aromatic rings. The van der Waals surface area contributed by atoms with Gasteiger partial charge in [0.15, 0.2) is 0 Å². The van der Waals surface area contributed by atoms with Gasteiger partial charge in [-0.3, -0.25) is 4.79 Å². The Morgan fingerprint density at radius 2 is 2.22 bits per heavy atom. The molecule has 0 aliphatic carbocycles. The summed E-state index contributed by atoms with van der Waals surface area (Å²) in [6.07, 6.45) is 0.144. The van der Waals surface area contributed by atoms with Crippen LogP contribution in [-0.2, 0) is 4.74 Å². The van der Waals surface area contributed by atoms with Gasteiger partial charge in [0, 0.05) is 24.1 Å². The molecule has 2 aliphatic heterocycles. The predicted octanol–water partition coefficient (Wildman–Crippen LogP) is 1.26. The fourth-order valence-corrected chi connectivity index (χ4v) is 3.09. The first-order valence-corrected chi connectivity index (χ1v) is 6.94. The van der Waals surface area contributed by atoms with Gasteiger partial charge in [-0.2, -0.15) is 0 Å². The lowest BCUT2D eigenvalue weighted by Crippen LogP contribution is -2.53. The quantitative estimate of drug-likeness (QED) is 0.849. The number of fused-ring (bicyclic) bond motifs is 1. The molecule has 1 N–H and O–H groups in total. The molecule has 0 radical (unpaired) electrons. The number of rotatable bonds is 1. The number of ether oxygens (including phenoxy) is 1. The largest absolute Gasteiger partial charge is 0.373 e. The second-order valence-corrected chi connectivity index (χ2v) is 5.47. The van der Waals surface area contributed by atoms with Crippen molar-refractivity contribution in [2.75, 3.05) is 26.2 Å². The molecule has 2 aliphatic rings. The van der Waals surface area contributed by atoms with Crippen molar-refractivity contribution in [1.29, 1.82) is 0 Å². The van der Waals surface area contributed by atoms with Crippen molar-refractivity contribution < 1.29 is 9.53 Å². The molecule has 2 heterocycles. The van der Waals surface area contributed by atoms with Gasteiger partial charge in [-0.15, -0.1) is 0 Å². The highest BCUT2D eigenvalue weighted by molar-refractivity contribution is 9.10. The third kappa shape index (κ3) is 2.06. The molecule has 0 unspecified atom stereocenters. The van der Waals surface area contributed by atoms with E-state index in [0.717, 1.165) is 23.1 Å². The topological polar surface area (TPSA) is 41.6 Å². The molecule has 18 heavy (non-hydrogen) atoms. The molecule has 0 saturated carbocycles. The van der Waals surface area contributed by atoms with Gasteiger partial charge >= 0.3 is 0 Å². The van der Waals surface area contributed by atoms with Gasteiger partial charge in [0.25, 0.3) is 5.91 Å². The minimum absolute atomic E-state index is 0.0875. The first-order valence-electron chi connectivity index (χ1n) is 6.15. The molecule has 96 valence electrons. The summed E-state index contributed by atoms with van der Waals surface area (Å²) in [6.45, 7) is 2.95. The van der Waals surface area contributed by atoms with Crippen molar-refractivity contribution in [3.63, 3.8) is 0 Å². The van der Waals surface area contributed by atoms with Crippen LogP contribution < -0.4 is 5.32 Å². The Morgan fingerprint density at radius 3 is 3.06 bits per heavy atom. The third-order valence-corrected chi connectivity index (χ3v) is 4.25. The number of carbonyl (C=O) groups is 1. The van der Waals surface area contributed by atoms with Crippen LogP contribution >= 0.6 is 15.9 Å². The maximum atomic E-state index is 12.6. The molecule has 5 heteroatoms. The molecule has 2 fully saturated rings. The van der Waals surface area contributed by atoms with Crippen molar-refractivity contribution in [3.8, 4) is 0 Å². The van der Waals surface area contributed by atoms with E-state index in [4.69, 9.17) is 4.74 Å². The minimum Gasteiger partial charge on any atom is -0.373 e. The van der Waals surface area contributed by atoms with Crippen LogP contribution in [0.25, 0.3) is 0 Å². The van der Waals surface area contributed by atoms with Gasteiger partial charge in [0.2, 0.25) is 0 Å². The van der Waals surface area contributed by atoms with Gasteiger partial charge in [0.1, 0.15) is 0 Å². The summed E-state index contributed by atoms with van der Waals surface area (Å²) >= 11 is 3.44. The lowest BCUT2D eigenvalue weighted by molar-refractivity contribution is -0.0365. The van der Waals surface area contributed by atoms with E-state index >= 15 is 0 Å². The predicted molar refractivity (Wildman–Crippen MR) is 71.6 cm³/mol. The van der Waals surface area contributed by atoms with Crippen LogP contribution in [0.15, 0.2) is 28.7 Å². The van der Waals surface area contributed by atoms with Crippen molar-refractivity contribution >= 4 is 21.8 Å². The monoisotopic (exact) mass is 310 g/mol. The number of morpholine rings is 1. The Kier molecular flexibility index (Phi) is 3.37. The van der Waals surface area contributed by atoms with E-state index in [1.54, 1.807) is 0 Å². The standard InChI is InChI=1S/C13H15BrN2O2/c14-10-4-2-1-3-9(10)13(17)16-5-6-18-12-8-15-7-11(12)16/h1-4,11-12,15H,5-8H2/t11-,12+/m1/s1. The molecular formula is C13H15BrN2O2. The number of hydrogen-bond donors (Lipinski definition) is 1. The SMILES string of the molecule is O=C(c1ccccc1Br)N1CCO[C@H]2CNC[C@H]21. The van der Waals surface area contributed by atoms with Crippen molar-refractivity contribution in [1.82, 2.24) is 10.2 Å². The molecule has 3 rings (SSSR count). The van der Waals surface area contributed by atoms with E-state index in [2.05, 4.69) is 21.2 Å². The second-order valence-electron chi connectivity index (χ2n) is 4.61. The number of nitrogens with one attached hydrogen (secondary N) is 1. The van der Waals surface area contributed by atoms with E-state index in [9.17, 15) is 4.79 Å². The van der Waals surface area contributed by atoms with E-state index < -0.39 is 0 Å². The summed E-state index contributed by atoms with van der Waals surface area (Å²) < 4.78 is 6.53. The normalized spacial score (nSPS) is 27.1. The molecule has 2 atom stereocenters. The van der Waals surface area contributed by atoms with Crippen LogP contribution in [0.2, 0.25) is 0 Å². The summed E-state index contributed by atoms with van der Waals surface area (Å²) in [7, 11) is 0. The number of halogens is 1. The lowest BCUT2D eigenvalue weighted by Gasteiger charge is -2.37. The average molecular weight is 311 g/mol. The Hall–Kier alpha value is -0.910. The molecule has 2 saturated heterocycles. The van der Waals surface area contributed by atoms with Crippen LogP contribution in [0.1, 0.15) is 10.4 Å². The van der Waals surface area contributed by atoms with Gasteiger partial charge in [-0.05, 0) is 28.1 Å². The summed E-state index contributed by atoms with van der Waals surface area (Å²) in [5.41, 5.74) is 0.727. The highest BCUT2D eigenvalue weighted by atomic mass is 79.9. The highest BCUT2D eigenvalue weighted by Gasteiger charge is 2.38. The zero-order valence-electron chi connectivity index (χ0n) is 9.93. The molecular weight excluding hydrogens is 296 g/mol. The van der Waals surface area contributed by atoms with Crippen LogP contribution in [0.4, 0.5) is 0 Å². The maximum absolute atomic E-state index is 12.6. The van der Waals surface area contributed by atoms with Crippen LogP contribution in [-0.4, -0.2) is 49.2 Å². The van der Waals surface area contributed by atoms with Crippen molar-refractivity contribution in [2.45, 2.75) is 12.1 Å². The first kappa shape index (κ1) is 12.1. The van der Waals surface area contributed by atoms with Crippen LogP contribution in [0.5, 0.6) is 0 Å². The Morgan fingerprint density at radius 1 is 1.39 bits per heavy atom. The maximum Gasteiger partial charge on any atom is 0.255 e. The number of hydrogen-bond acceptors (Lipinski definition) is 3. The molecule has 0 spiro atoms. The summed E-state index contributed by atoms with van der Waals surface area (Å²) in [4.78, 5) is 14.5. The van der Waals surface area contributed by atoms with Gasteiger partial charge in [-0.1, -0.05) is 12.1 Å². The Labute approximate surface area is 114 Å². The molecule has 1 amide bonds. The summed E-state index contributed by atoms with van der Waals surface area (Å²) in [6, 6.07) is 7.73. The van der Waals surface area contributed by atoms with Gasteiger partial charge in [0.05, 0.1) is 24.3 Å². The zero-order valence-corrected chi connectivity index (χ0v) is 11.5. The number of benzene rings is 1. The molecule has 0 bridgehead atoms. The summed E-state index contributed by atoms with van der Waals surface area (Å²) in [5.74, 6) is 0.0875. The van der Waals surface area contributed by atoms with E-state index in [0.29, 0.717) is 13.2 Å². The fourth-order valence-electron chi connectivity index (χ4n) is 2.63.